The highest BCUT2D eigenvalue weighted by molar-refractivity contribution is 5.91. The van der Waals surface area contributed by atoms with Crippen molar-refractivity contribution in [1.29, 1.82) is 0 Å². The van der Waals surface area contributed by atoms with E-state index in [4.69, 9.17) is 4.42 Å². The third-order valence-electron chi connectivity index (χ3n) is 5.17. The zero-order chi connectivity index (χ0) is 23.8. The molecule has 0 spiro atoms. The maximum Gasteiger partial charge on any atom is 0.273 e. The first-order valence-corrected chi connectivity index (χ1v) is 10.9. The maximum absolute atomic E-state index is 13.3. The fraction of sp³-hybridized carbons (Fsp3) is 0.192. The second-order valence-electron chi connectivity index (χ2n) is 7.85. The molecule has 2 aromatic heterocycles. The second kappa shape index (κ2) is 11.3. The number of oxazole rings is 1. The predicted molar refractivity (Wildman–Crippen MR) is 123 cm³/mol. The molecule has 1 amide bonds. The van der Waals surface area contributed by atoms with Crippen molar-refractivity contribution < 1.29 is 18.0 Å². The molecule has 2 heterocycles. The largest absolute Gasteiger partial charge is 0.447 e. The van der Waals surface area contributed by atoms with E-state index in [2.05, 4.69) is 15.3 Å². The van der Waals surface area contributed by atoms with Gasteiger partial charge in [0.1, 0.15) is 17.9 Å². The van der Waals surface area contributed by atoms with Crippen molar-refractivity contribution >= 4 is 5.91 Å². The number of pyridine rings is 1. The van der Waals surface area contributed by atoms with Gasteiger partial charge in [0.15, 0.2) is 5.69 Å². The number of carbonyl (C=O) groups excluding carboxylic acids is 1. The summed E-state index contributed by atoms with van der Waals surface area (Å²) in [5.41, 5.74) is 2.89. The van der Waals surface area contributed by atoms with Crippen molar-refractivity contribution in [2.75, 3.05) is 6.54 Å². The number of halogens is 2. The van der Waals surface area contributed by atoms with E-state index in [1.165, 1.54) is 30.5 Å². The fourth-order valence-corrected chi connectivity index (χ4v) is 3.48. The van der Waals surface area contributed by atoms with Gasteiger partial charge in [0, 0.05) is 37.9 Å². The summed E-state index contributed by atoms with van der Waals surface area (Å²) in [6.07, 6.45) is 3.66. The smallest absolute Gasteiger partial charge is 0.273 e. The van der Waals surface area contributed by atoms with Crippen LogP contribution in [0.3, 0.4) is 0 Å². The number of carbonyl (C=O) groups is 1. The van der Waals surface area contributed by atoms with Crippen molar-refractivity contribution in [3.05, 3.63) is 119 Å². The van der Waals surface area contributed by atoms with Crippen molar-refractivity contribution in [2.24, 2.45) is 0 Å². The van der Waals surface area contributed by atoms with Gasteiger partial charge in [0.05, 0.1) is 6.54 Å². The van der Waals surface area contributed by atoms with Gasteiger partial charge in [-0.1, -0.05) is 30.3 Å². The molecular weight excluding hydrogens is 438 g/mol. The topological polar surface area (TPSA) is 71.3 Å². The molecule has 174 valence electrons. The van der Waals surface area contributed by atoms with Crippen LogP contribution in [-0.2, 0) is 26.1 Å². The van der Waals surface area contributed by atoms with Crippen LogP contribution < -0.4 is 5.32 Å². The van der Waals surface area contributed by atoms with Crippen molar-refractivity contribution in [2.45, 2.75) is 26.1 Å². The molecule has 2 aromatic carbocycles. The Balaban J connectivity index is 1.39. The molecule has 34 heavy (non-hydrogen) atoms. The summed E-state index contributed by atoms with van der Waals surface area (Å²) >= 11 is 0. The zero-order valence-corrected chi connectivity index (χ0v) is 18.5. The molecule has 1 N–H and O–H groups in total. The average Bonchev–Trinajstić information content (AvgIpc) is 3.31. The monoisotopic (exact) mass is 462 g/mol. The quantitative estimate of drug-likeness (QED) is 0.375. The zero-order valence-electron chi connectivity index (χ0n) is 18.5. The van der Waals surface area contributed by atoms with Gasteiger partial charge >= 0.3 is 0 Å². The molecule has 0 saturated heterocycles. The van der Waals surface area contributed by atoms with Gasteiger partial charge in [0.2, 0.25) is 5.89 Å². The van der Waals surface area contributed by atoms with E-state index in [1.807, 2.05) is 23.1 Å². The van der Waals surface area contributed by atoms with Crippen LogP contribution in [0.4, 0.5) is 8.78 Å². The molecule has 4 rings (SSSR count). The van der Waals surface area contributed by atoms with Gasteiger partial charge in [-0.2, -0.15) is 0 Å². The predicted octanol–water partition coefficient (Wildman–Crippen LogP) is 4.52. The normalized spacial score (nSPS) is 11.0. The third kappa shape index (κ3) is 6.79. The Bertz CT molecular complexity index is 1150. The molecule has 0 aliphatic rings. The van der Waals surface area contributed by atoms with Crippen LogP contribution in [0.15, 0.2) is 83.6 Å². The van der Waals surface area contributed by atoms with Crippen LogP contribution >= 0.6 is 0 Å². The summed E-state index contributed by atoms with van der Waals surface area (Å²) in [6.45, 7) is 1.73. The number of benzene rings is 2. The van der Waals surface area contributed by atoms with Gasteiger partial charge in [0.25, 0.3) is 5.91 Å². The second-order valence-corrected chi connectivity index (χ2v) is 7.85. The van der Waals surface area contributed by atoms with E-state index >= 15 is 0 Å². The summed E-state index contributed by atoms with van der Waals surface area (Å²) in [5.74, 6) is -0.561. The Morgan fingerprint density at radius 2 is 1.53 bits per heavy atom. The van der Waals surface area contributed by atoms with Crippen molar-refractivity contribution in [3.8, 4) is 0 Å². The van der Waals surface area contributed by atoms with Crippen LogP contribution in [0, 0.1) is 11.6 Å². The fourth-order valence-electron chi connectivity index (χ4n) is 3.48. The average molecular weight is 463 g/mol. The number of hydrogen-bond acceptors (Lipinski definition) is 5. The first kappa shape index (κ1) is 23.3. The minimum Gasteiger partial charge on any atom is -0.447 e. The van der Waals surface area contributed by atoms with Gasteiger partial charge < -0.3 is 9.73 Å². The molecule has 4 aromatic rings. The van der Waals surface area contributed by atoms with Crippen LogP contribution in [-0.4, -0.2) is 27.3 Å². The highest BCUT2D eigenvalue weighted by Gasteiger charge is 2.16. The van der Waals surface area contributed by atoms with E-state index in [9.17, 15) is 13.6 Å². The number of nitrogens with one attached hydrogen (secondary N) is 1. The van der Waals surface area contributed by atoms with E-state index < -0.39 is 0 Å². The van der Waals surface area contributed by atoms with E-state index in [0.29, 0.717) is 38.5 Å². The molecule has 0 aliphatic heterocycles. The summed E-state index contributed by atoms with van der Waals surface area (Å²) in [7, 11) is 0. The van der Waals surface area contributed by atoms with Crippen LogP contribution in [0.25, 0.3) is 0 Å². The molecule has 0 fully saturated rings. The molecule has 0 bridgehead atoms. The minimum atomic E-state index is -0.324. The summed E-state index contributed by atoms with van der Waals surface area (Å²) in [4.78, 5) is 23.0. The maximum atomic E-state index is 13.3. The van der Waals surface area contributed by atoms with Crippen LogP contribution in [0.2, 0.25) is 0 Å². The van der Waals surface area contributed by atoms with E-state index in [1.54, 1.807) is 30.5 Å². The SMILES string of the molecule is O=C(NCCc1ccccn1)c1coc(CN(Cc2ccc(F)cc2)Cc2ccc(F)cc2)n1. The lowest BCUT2D eigenvalue weighted by Gasteiger charge is -2.21. The lowest BCUT2D eigenvalue weighted by atomic mass is 10.1. The molecule has 0 saturated carbocycles. The number of hydrogen-bond donors (Lipinski definition) is 1. The van der Waals surface area contributed by atoms with Gasteiger partial charge in [-0.05, 0) is 47.5 Å². The lowest BCUT2D eigenvalue weighted by Crippen LogP contribution is -2.26. The summed E-state index contributed by atoms with van der Waals surface area (Å²) in [5, 5.41) is 2.82. The minimum absolute atomic E-state index is 0.194. The molecule has 0 aliphatic carbocycles. The van der Waals surface area contributed by atoms with Gasteiger partial charge in [-0.15, -0.1) is 0 Å². The number of aromatic nitrogens is 2. The Labute approximate surface area is 196 Å². The van der Waals surface area contributed by atoms with Crippen LogP contribution in [0.5, 0.6) is 0 Å². The van der Waals surface area contributed by atoms with Gasteiger partial charge in [-0.3, -0.25) is 14.7 Å². The summed E-state index contributed by atoms with van der Waals surface area (Å²) in [6, 6.07) is 18.1. The molecular formula is C26H24F2N4O2. The molecule has 8 heteroatoms. The van der Waals surface area contributed by atoms with Crippen molar-refractivity contribution in [1.82, 2.24) is 20.2 Å². The van der Waals surface area contributed by atoms with E-state index in [0.717, 1.165) is 16.8 Å². The molecule has 6 nitrogen and oxygen atoms in total. The Morgan fingerprint density at radius 1 is 0.882 bits per heavy atom. The highest BCUT2D eigenvalue weighted by Crippen LogP contribution is 2.15. The molecule has 0 radical (unpaired) electrons. The van der Waals surface area contributed by atoms with E-state index in [-0.39, 0.29) is 23.2 Å². The molecule has 0 atom stereocenters. The molecule has 0 unspecified atom stereocenters. The third-order valence-corrected chi connectivity index (χ3v) is 5.17. The Morgan fingerprint density at radius 3 is 2.12 bits per heavy atom. The standard InChI is InChI=1S/C26H24F2N4O2/c27-21-8-4-19(5-9-21)15-32(16-20-6-10-22(28)11-7-20)17-25-31-24(18-34-25)26(33)30-14-12-23-3-1-2-13-29-23/h1-11,13,18H,12,14-17H2,(H,30,33). The summed E-state index contributed by atoms with van der Waals surface area (Å²) < 4.78 is 32.2. The Kier molecular flexibility index (Phi) is 7.72. The number of nitrogens with zero attached hydrogens (tertiary/aromatic N) is 3. The van der Waals surface area contributed by atoms with Crippen LogP contribution in [0.1, 0.15) is 33.2 Å². The first-order valence-electron chi connectivity index (χ1n) is 10.9. The Hall–Kier alpha value is -3.91. The first-order chi connectivity index (χ1) is 16.5. The lowest BCUT2D eigenvalue weighted by molar-refractivity contribution is 0.0949. The van der Waals surface area contributed by atoms with Crippen molar-refractivity contribution in [3.63, 3.8) is 0 Å². The van der Waals surface area contributed by atoms with Gasteiger partial charge in [-0.25, -0.2) is 13.8 Å². The number of amides is 1. The number of rotatable bonds is 10. The highest BCUT2D eigenvalue weighted by atomic mass is 19.1.